The summed E-state index contributed by atoms with van der Waals surface area (Å²) in [5.41, 5.74) is 1.08. The van der Waals surface area contributed by atoms with Gasteiger partial charge in [0.05, 0.1) is 10.6 Å². The van der Waals surface area contributed by atoms with Crippen molar-refractivity contribution in [3.63, 3.8) is 0 Å². The van der Waals surface area contributed by atoms with E-state index in [2.05, 4.69) is 0 Å². The summed E-state index contributed by atoms with van der Waals surface area (Å²) in [6.45, 7) is 0.327. The second-order valence-electron chi connectivity index (χ2n) is 4.39. The largest absolute Gasteiger partial charge is 0.457 e. The summed E-state index contributed by atoms with van der Waals surface area (Å²) in [4.78, 5) is 12.0. The predicted molar refractivity (Wildman–Crippen MR) is 78.1 cm³/mol. The van der Waals surface area contributed by atoms with E-state index in [1.165, 1.54) is 12.1 Å². The standard InChI is InChI=1S/C15H10Cl2O4/c16-10-2-3-11(12(17)6-10)15(18)19-7-9-1-4-13-14(5-9)21-8-20-13/h1-6H,7-8H2. The third kappa shape index (κ3) is 3.06. The monoisotopic (exact) mass is 324 g/mol. The minimum Gasteiger partial charge on any atom is -0.457 e. The minimum absolute atomic E-state index is 0.119. The van der Waals surface area contributed by atoms with E-state index in [-0.39, 0.29) is 24.0 Å². The predicted octanol–water partition coefficient (Wildman–Crippen LogP) is 4.08. The van der Waals surface area contributed by atoms with Crippen LogP contribution in [-0.2, 0) is 11.3 Å². The van der Waals surface area contributed by atoms with Crippen LogP contribution in [0.5, 0.6) is 11.5 Å². The molecule has 2 aromatic rings. The first-order chi connectivity index (χ1) is 10.1. The number of hydrogen-bond donors (Lipinski definition) is 0. The van der Waals surface area contributed by atoms with Gasteiger partial charge >= 0.3 is 5.97 Å². The van der Waals surface area contributed by atoms with Crippen LogP contribution in [0.25, 0.3) is 0 Å². The molecule has 0 bridgehead atoms. The Balaban J connectivity index is 1.68. The Kier molecular flexibility index (Phi) is 3.90. The number of fused-ring (bicyclic) bond motifs is 1. The summed E-state index contributed by atoms with van der Waals surface area (Å²) in [6, 6.07) is 9.99. The fourth-order valence-electron chi connectivity index (χ4n) is 1.91. The highest BCUT2D eigenvalue weighted by Gasteiger charge is 2.15. The first-order valence-corrected chi connectivity index (χ1v) is 6.90. The molecule has 0 saturated carbocycles. The van der Waals surface area contributed by atoms with Crippen LogP contribution in [0, 0.1) is 0 Å². The van der Waals surface area contributed by atoms with E-state index in [1.807, 2.05) is 6.07 Å². The molecule has 108 valence electrons. The van der Waals surface area contributed by atoms with Gasteiger partial charge in [-0.25, -0.2) is 4.79 Å². The van der Waals surface area contributed by atoms with Crippen LogP contribution in [0.2, 0.25) is 10.0 Å². The summed E-state index contributed by atoms with van der Waals surface area (Å²) in [6.07, 6.45) is 0. The highest BCUT2D eigenvalue weighted by molar-refractivity contribution is 6.36. The van der Waals surface area contributed by atoms with Gasteiger partial charge in [0, 0.05) is 5.02 Å². The molecule has 6 heteroatoms. The summed E-state index contributed by atoms with van der Waals surface area (Å²) in [5, 5.41) is 0.727. The van der Waals surface area contributed by atoms with Crippen LogP contribution >= 0.6 is 23.2 Å². The van der Waals surface area contributed by atoms with E-state index >= 15 is 0 Å². The number of carbonyl (C=O) groups is 1. The molecule has 0 unspecified atom stereocenters. The first-order valence-electron chi connectivity index (χ1n) is 6.14. The zero-order chi connectivity index (χ0) is 14.8. The summed E-state index contributed by atoms with van der Waals surface area (Å²) < 4.78 is 15.7. The maximum Gasteiger partial charge on any atom is 0.339 e. The van der Waals surface area contributed by atoms with E-state index in [9.17, 15) is 4.79 Å². The van der Waals surface area contributed by atoms with Gasteiger partial charge in [0.1, 0.15) is 6.61 Å². The zero-order valence-electron chi connectivity index (χ0n) is 10.8. The van der Waals surface area contributed by atoms with Gasteiger partial charge in [0.25, 0.3) is 0 Å². The van der Waals surface area contributed by atoms with Gasteiger partial charge in [-0.15, -0.1) is 0 Å². The van der Waals surface area contributed by atoms with Crippen molar-refractivity contribution in [2.75, 3.05) is 6.79 Å². The van der Waals surface area contributed by atoms with E-state index in [0.717, 1.165) is 5.56 Å². The van der Waals surface area contributed by atoms with Crippen molar-refractivity contribution in [1.29, 1.82) is 0 Å². The van der Waals surface area contributed by atoms with Gasteiger partial charge in [0.15, 0.2) is 11.5 Å². The fraction of sp³-hybridized carbons (Fsp3) is 0.133. The zero-order valence-corrected chi connectivity index (χ0v) is 12.3. The average Bonchev–Trinajstić information content (AvgIpc) is 2.92. The third-order valence-corrected chi connectivity index (χ3v) is 3.51. The Bertz CT molecular complexity index is 700. The number of benzene rings is 2. The van der Waals surface area contributed by atoms with E-state index in [4.69, 9.17) is 37.4 Å². The van der Waals surface area contributed by atoms with Gasteiger partial charge in [-0.05, 0) is 35.9 Å². The maximum atomic E-state index is 12.0. The molecule has 1 aliphatic heterocycles. The van der Waals surface area contributed by atoms with Gasteiger partial charge in [-0.1, -0.05) is 29.3 Å². The Morgan fingerprint density at radius 3 is 2.71 bits per heavy atom. The smallest absolute Gasteiger partial charge is 0.339 e. The van der Waals surface area contributed by atoms with Gasteiger partial charge in [-0.2, -0.15) is 0 Å². The third-order valence-electron chi connectivity index (χ3n) is 2.96. The van der Waals surface area contributed by atoms with Gasteiger partial charge in [-0.3, -0.25) is 0 Å². The molecule has 0 spiro atoms. The van der Waals surface area contributed by atoms with Crippen molar-refractivity contribution in [1.82, 2.24) is 0 Å². The molecule has 0 fully saturated rings. The van der Waals surface area contributed by atoms with E-state index in [1.54, 1.807) is 18.2 Å². The van der Waals surface area contributed by atoms with Crippen molar-refractivity contribution >= 4 is 29.2 Å². The maximum absolute atomic E-state index is 12.0. The summed E-state index contributed by atoms with van der Waals surface area (Å²) in [5.74, 6) is 0.827. The molecule has 0 N–H and O–H groups in total. The molecule has 1 aliphatic rings. The Morgan fingerprint density at radius 2 is 1.90 bits per heavy atom. The second-order valence-corrected chi connectivity index (χ2v) is 5.23. The number of rotatable bonds is 3. The Hall–Kier alpha value is -1.91. The SMILES string of the molecule is O=C(OCc1ccc2c(c1)OCO2)c1ccc(Cl)cc1Cl. The molecular weight excluding hydrogens is 315 g/mol. The van der Waals surface area contributed by atoms with Crippen LogP contribution in [0.3, 0.4) is 0 Å². The van der Waals surface area contributed by atoms with Crippen LogP contribution in [0.15, 0.2) is 36.4 Å². The van der Waals surface area contributed by atoms with E-state index < -0.39 is 5.97 Å². The molecule has 0 saturated heterocycles. The number of hydrogen-bond acceptors (Lipinski definition) is 4. The van der Waals surface area contributed by atoms with Gasteiger partial charge in [0.2, 0.25) is 6.79 Å². The Labute approximate surface area is 131 Å². The van der Waals surface area contributed by atoms with Crippen molar-refractivity contribution in [2.45, 2.75) is 6.61 Å². The lowest BCUT2D eigenvalue weighted by molar-refractivity contribution is 0.0472. The van der Waals surface area contributed by atoms with Crippen LogP contribution in [0.4, 0.5) is 0 Å². The van der Waals surface area contributed by atoms with E-state index in [0.29, 0.717) is 16.5 Å². The van der Waals surface area contributed by atoms with Crippen molar-refractivity contribution in [3.05, 3.63) is 57.6 Å². The quantitative estimate of drug-likeness (QED) is 0.798. The normalized spacial score (nSPS) is 12.3. The molecule has 3 rings (SSSR count). The van der Waals surface area contributed by atoms with Crippen LogP contribution < -0.4 is 9.47 Å². The molecule has 0 atom stereocenters. The number of esters is 1. The Morgan fingerprint density at radius 1 is 1.10 bits per heavy atom. The molecule has 0 radical (unpaired) electrons. The minimum atomic E-state index is -0.505. The molecule has 21 heavy (non-hydrogen) atoms. The molecule has 0 aliphatic carbocycles. The highest BCUT2D eigenvalue weighted by atomic mass is 35.5. The molecular formula is C15H10Cl2O4. The average molecular weight is 325 g/mol. The number of halogens is 2. The molecule has 4 nitrogen and oxygen atoms in total. The van der Waals surface area contributed by atoms with Crippen molar-refractivity contribution in [2.24, 2.45) is 0 Å². The number of ether oxygens (including phenoxy) is 3. The lowest BCUT2D eigenvalue weighted by atomic mass is 10.2. The molecule has 0 aromatic heterocycles. The molecule has 0 amide bonds. The lowest BCUT2D eigenvalue weighted by Crippen LogP contribution is -2.06. The first kappa shape index (κ1) is 14.0. The fourth-order valence-corrected chi connectivity index (χ4v) is 2.40. The number of carbonyl (C=O) groups excluding carboxylic acids is 1. The highest BCUT2D eigenvalue weighted by Crippen LogP contribution is 2.32. The summed E-state index contributed by atoms with van der Waals surface area (Å²) in [7, 11) is 0. The van der Waals surface area contributed by atoms with Crippen LogP contribution in [-0.4, -0.2) is 12.8 Å². The topological polar surface area (TPSA) is 44.8 Å². The lowest BCUT2D eigenvalue weighted by Gasteiger charge is -2.07. The second kappa shape index (κ2) is 5.84. The molecule has 1 heterocycles. The van der Waals surface area contributed by atoms with Crippen LogP contribution in [0.1, 0.15) is 15.9 Å². The van der Waals surface area contributed by atoms with Crippen molar-refractivity contribution < 1.29 is 19.0 Å². The van der Waals surface area contributed by atoms with Crippen molar-refractivity contribution in [3.8, 4) is 11.5 Å². The molecule has 2 aromatic carbocycles. The summed E-state index contributed by atoms with van der Waals surface area (Å²) >= 11 is 11.7. The van der Waals surface area contributed by atoms with Gasteiger partial charge < -0.3 is 14.2 Å².